The topological polar surface area (TPSA) is 88.4 Å². The maximum absolute atomic E-state index is 11.4. The molecule has 0 aromatic heterocycles. The Bertz CT molecular complexity index is 416. The van der Waals surface area contributed by atoms with Crippen LogP contribution in [0.2, 0.25) is 0 Å². The molecular weight excluding hydrogens is 270 g/mol. The predicted molar refractivity (Wildman–Crippen MR) is 67.0 cm³/mol. The number of amides is 2. The van der Waals surface area contributed by atoms with Crippen LogP contribution in [0.3, 0.4) is 0 Å². The number of carbonyl (C=O) groups is 3. The fraction of sp³-hybridized carbons (Fsp3) is 0.727. The van der Waals surface area contributed by atoms with Crippen LogP contribution in [0, 0.1) is 0 Å². The number of carbonyl (C=O) groups excluding carboxylic acids is 3. The number of nitrogens with zero attached hydrogens (tertiary/aromatic N) is 3. The van der Waals surface area contributed by atoms with E-state index in [1.54, 1.807) is 11.8 Å². The van der Waals surface area contributed by atoms with Crippen molar-refractivity contribution in [1.29, 1.82) is 0 Å². The van der Waals surface area contributed by atoms with Crippen molar-refractivity contribution in [1.82, 2.24) is 5.06 Å². The van der Waals surface area contributed by atoms with Gasteiger partial charge in [0.15, 0.2) is 5.66 Å². The molecule has 0 atom stereocenters. The highest BCUT2D eigenvalue weighted by Crippen LogP contribution is 2.31. The monoisotopic (exact) mass is 285 g/mol. The molecule has 2 amide bonds. The van der Waals surface area contributed by atoms with E-state index < -0.39 is 17.8 Å². The molecule has 0 aromatic rings. The van der Waals surface area contributed by atoms with Crippen molar-refractivity contribution in [2.75, 3.05) is 11.5 Å². The number of imide groups is 1. The van der Waals surface area contributed by atoms with Crippen LogP contribution in [0.5, 0.6) is 0 Å². The van der Waals surface area contributed by atoms with Crippen LogP contribution in [-0.2, 0) is 19.2 Å². The van der Waals surface area contributed by atoms with Crippen LogP contribution in [0.25, 0.3) is 0 Å². The van der Waals surface area contributed by atoms with Crippen LogP contribution >= 0.6 is 11.8 Å². The molecule has 0 bridgehead atoms. The van der Waals surface area contributed by atoms with Gasteiger partial charge in [-0.3, -0.25) is 9.59 Å². The Morgan fingerprint density at radius 1 is 1.32 bits per heavy atom. The molecule has 104 valence electrons. The zero-order valence-electron chi connectivity index (χ0n) is 10.6. The van der Waals surface area contributed by atoms with Crippen molar-refractivity contribution in [3.8, 4) is 0 Å². The summed E-state index contributed by atoms with van der Waals surface area (Å²) in [5.74, 6) is -0.00128. The lowest BCUT2D eigenvalue weighted by Crippen LogP contribution is -2.32. The standard InChI is InChI=1S/C11H15N3O4S/c1-11(12-13-11)5-7-19-6-4-10(17)18-14-8(15)2-3-9(14)16/h2-7H2,1H3. The molecule has 2 rings (SSSR count). The highest BCUT2D eigenvalue weighted by Gasteiger charge is 2.33. The lowest BCUT2D eigenvalue weighted by molar-refractivity contribution is -0.197. The minimum Gasteiger partial charge on any atom is -0.330 e. The Hall–Kier alpha value is -1.44. The molecule has 2 aliphatic heterocycles. The number of thioether (sulfide) groups is 1. The van der Waals surface area contributed by atoms with Gasteiger partial charge in [0.2, 0.25) is 0 Å². The van der Waals surface area contributed by atoms with Crippen LogP contribution in [0.15, 0.2) is 10.2 Å². The minimum absolute atomic E-state index is 0.118. The summed E-state index contributed by atoms with van der Waals surface area (Å²) >= 11 is 1.60. The van der Waals surface area contributed by atoms with Crippen molar-refractivity contribution in [3.05, 3.63) is 0 Å². The smallest absolute Gasteiger partial charge is 0.330 e. The Balaban J connectivity index is 1.56. The average Bonchev–Trinajstić information content (AvgIpc) is 3.02. The SMILES string of the molecule is CC1(CCSCCC(=O)ON2C(=O)CCC2=O)N=N1. The molecule has 0 aromatic carbocycles. The molecule has 0 unspecified atom stereocenters. The van der Waals surface area contributed by atoms with Crippen LogP contribution in [-0.4, -0.2) is 40.0 Å². The summed E-state index contributed by atoms with van der Waals surface area (Å²) in [4.78, 5) is 38.6. The van der Waals surface area contributed by atoms with E-state index >= 15 is 0 Å². The maximum atomic E-state index is 11.4. The molecular formula is C11H15N3O4S. The first-order valence-electron chi connectivity index (χ1n) is 6.09. The van der Waals surface area contributed by atoms with E-state index in [0.29, 0.717) is 10.8 Å². The van der Waals surface area contributed by atoms with Gasteiger partial charge in [0.05, 0.1) is 6.42 Å². The largest absolute Gasteiger partial charge is 0.334 e. The zero-order chi connectivity index (χ0) is 13.9. The Morgan fingerprint density at radius 3 is 2.53 bits per heavy atom. The quantitative estimate of drug-likeness (QED) is 0.519. The van der Waals surface area contributed by atoms with Gasteiger partial charge >= 0.3 is 5.97 Å². The van der Waals surface area contributed by atoms with E-state index in [1.807, 2.05) is 6.92 Å². The van der Waals surface area contributed by atoms with Crippen LogP contribution in [0.4, 0.5) is 0 Å². The van der Waals surface area contributed by atoms with Crippen molar-refractivity contribution in [2.24, 2.45) is 10.2 Å². The molecule has 0 aliphatic carbocycles. The molecule has 8 heteroatoms. The fourth-order valence-electron chi connectivity index (χ4n) is 1.51. The molecule has 2 heterocycles. The normalized spacial score (nSPS) is 19.9. The third-order valence-electron chi connectivity index (χ3n) is 2.81. The third kappa shape index (κ3) is 4.02. The molecule has 0 spiro atoms. The zero-order valence-corrected chi connectivity index (χ0v) is 11.4. The molecule has 0 saturated carbocycles. The molecule has 7 nitrogen and oxygen atoms in total. The molecule has 0 N–H and O–H groups in total. The van der Waals surface area contributed by atoms with Gasteiger partial charge < -0.3 is 4.84 Å². The Labute approximate surface area is 114 Å². The average molecular weight is 285 g/mol. The summed E-state index contributed by atoms with van der Waals surface area (Å²) in [6.45, 7) is 1.95. The highest BCUT2D eigenvalue weighted by atomic mass is 32.2. The molecule has 1 saturated heterocycles. The number of hydrogen-bond donors (Lipinski definition) is 0. The van der Waals surface area contributed by atoms with E-state index in [4.69, 9.17) is 4.84 Å². The van der Waals surface area contributed by atoms with E-state index in [1.165, 1.54) is 0 Å². The number of rotatable bonds is 7. The van der Waals surface area contributed by atoms with Gasteiger partial charge in [-0.25, -0.2) is 4.79 Å². The number of hydroxylamine groups is 2. The molecule has 1 fully saturated rings. The summed E-state index contributed by atoms with van der Waals surface area (Å²) in [5, 5.41) is 8.36. The van der Waals surface area contributed by atoms with Gasteiger partial charge in [-0.1, -0.05) is 0 Å². The van der Waals surface area contributed by atoms with Gasteiger partial charge in [0.25, 0.3) is 11.8 Å². The molecule has 0 radical (unpaired) electrons. The third-order valence-corrected chi connectivity index (χ3v) is 3.80. The second-order valence-electron chi connectivity index (χ2n) is 4.57. The van der Waals surface area contributed by atoms with Crippen molar-refractivity contribution in [2.45, 2.75) is 38.3 Å². The second-order valence-corrected chi connectivity index (χ2v) is 5.80. The number of hydrogen-bond acceptors (Lipinski definition) is 7. The Morgan fingerprint density at radius 2 is 1.95 bits per heavy atom. The lowest BCUT2D eigenvalue weighted by Gasteiger charge is -2.12. The van der Waals surface area contributed by atoms with Gasteiger partial charge in [0.1, 0.15) is 0 Å². The first-order chi connectivity index (χ1) is 9.00. The first kappa shape index (κ1) is 14.0. The second kappa shape index (κ2) is 5.68. The van der Waals surface area contributed by atoms with E-state index in [9.17, 15) is 14.4 Å². The summed E-state index contributed by atoms with van der Waals surface area (Å²) < 4.78 is 0. The van der Waals surface area contributed by atoms with Crippen LogP contribution in [0.1, 0.15) is 32.6 Å². The van der Waals surface area contributed by atoms with Crippen molar-refractivity contribution < 1.29 is 19.2 Å². The highest BCUT2D eigenvalue weighted by molar-refractivity contribution is 7.99. The van der Waals surface area contributed by atoms with Crippen molar-refractivity contribution in [3.63, 3.8) is 0 Å². The van der Waals surface area contributed by atoms with E-state index in [0.717, 1.165) is 12.2 Å². The van der Waals surface area contributed by atoms with Gasteiger partial charge in [-0.15, -0.1) is 5.06 Å². The summed E-state index contributed by atoms with van der Waals surface area (Å²) in [6.07, 6.45) is 1.27. The van der Waals surface area contributed by atoms with E-state index in [2.05, 4.69) is 10.2 Å². The fourth-order valence-corrected chi connectivity index (χ4v) is 2.56. The summed E-state index contributed by atoms with van der Waals surface area (Å²) in [5.41, 5.74) is -0.206. The van der Waals surface area contributed by atoms with Gasteiger partial charge in [-0.05, 0) is 12.7 Å². The summed E-state index contributed by atoms with van der Waals surface area (Å²) in [6, 6.07) is 0. The van der Waals surface area contributed by atoms with Crippen LogP contribution < -0.4 is 0 Å². The molecule has 19 heavy (non-hydrogen) atoms. The Kier molecular flexibility index (Phi) is 4.18. The van der Waals surface area contributed by atoms with Crippen molar-refractivity contribution >= 4 is 29.5 Å². The first-order valence-corrected chi connectivity index (χ1v) is 7.24. The summed E-state index contributed by atoms with van der Waals surface area (Å²) in [7, 11) is 0. The minimum atomic E-state index is -0.553. The van der Waals surface area contributed by atoms with Gasteiger partial charge in [0, 0.05) is 25.0 Å². The predicted octanol–water partition coefficient (Wildman–Crippen LogP) is 1.29. The molecule has 2 aliphatic rings. The van der Waals surface area contributed by atoms with Gasteiger partial charge in [-0.2, -0.15) is 22.0 Å². The van der Waals surface area contributed by atoms with E-state index in [-0.39, 0.29) is 24.9 Å². The lowest BCUT2D eigenvalue weighted by atomic mass is 10.2. The maximum Gasteiger partial charge on any atom is 0.334 e.